The molecule has 6 rings (SSSR count). The molecule has 0 unspecified atom stereocenters. The van der Waals surface area contributed by atoms with E-state index in [1.165, 1.54) is 17.9 Å². The van der Waals surface area contributed by atoms with Gasteiger partial charge in [0.2, 0.25) is 11.8 Å². The van der Waals surface area contributed by atoms with Crippen molar-refractivity contribution >= 4 is 50.8 Å². The second-order valence-electron chi connectivity index (χ2n) is 10.6. The van der Waals surface area contributed by atoms with Crippen molar-refractivity contribution in [2.75, 3.05) is 18.1 Å². The van der Waals surface area contributed by atoms with Crippen LogP contribution in [0.5, 0.6) is 5.75 Å². The molecule has 8 nitrogen and oxygen atoms in total. The van der Waals surface area contributed by atoms with E-state index in [9.17, 15) is 29.1 Å². The fraction of sp³-hybridized carbons (Fsp3) is 0.281. The van der Waals surface area contributed by atoms with Gasteiger partial charge in [-0.3, -0.25) is 28.9 Å². The molecule has 1 N–H and O–H groups in total. The number of amides is 2. The van der Waals surface area contributed by atoms with Crippen LogP contribution in [0, 0.1) is 17.8 Å². The lowest BCUT2D eigenvalue weighted by Gasteiger charge is -2.42. The van der Waals surface area contributed by atoms with Crippen LogP contribution < -0.4 is 9.64 Å². The smallest absolute Gasteiger partial charge is 0.238 e. The first-order valence-electron chi connectivity index (χ1n) is 13.4. The molecular weight excluding hydrogens is 590 g/mol. The number of para-hydroxylation sites is 1. The van der Waals surface area contributed by atoms with E-state index in [1.54, 1.807) is 36.4 Å². The van der Waals surface area contributed by atoms with E-state index in [0.717, 1.165) is 5.57 Å². The molecule has 0 radical (unpaired) electrons. The quantitative estimate of drug-likeness (QED) is 0.224. The summed E-state index contributed by atoms with van der Waals surface area (Å²) in [7, 11) is 0. The van der Waals surface area contributed by atoms with Crippen molar-refractivity contribution in [2.45, 2.75) is 25.7 Å². The average Bonchev–Trinajstić information content (AvgIpc) is 3.23. The maximum absolute atomic E-state index is 14.0. The lowest BCUT2D eigenvalue weighted by atomic mass is 9.59. The Hall–Kier alpha value is -3.95. The van der Waals surface area contributed by atoms with Crippen LogP contribution in [0.1, 0.15) is 41.6 Å². The number of carbonyl (C=O) groups is 5. The summed E-state index contributed by atoms with van der Waals surface area (Å²) >= 11 is 3.24. The molecule has 1 aliphatic heterocycles. The monoisotopic (exact) mass is 615 g/mol. The highest BCUT2D eigenvalue weighted by Crippen LogP contribution is 2.56. The number of carbonyl (C=O) groups excluding carboxylic acids is 5. The molecule has 4 aliphatic rings. The normalized spacial score (nSPS) is 25.4. The summed E-state index contributed by atoms with van der Waals surface area (Å²) in [5, 5.41) is 9.38. The molecule has 2 aromatic rings. The molecule has 1 fully saturated rings. The second kappa shape index (κ2) is 10.5. The molecule has 41 heavy (non-hydrogen) atoms. The number of aliphatic hydroxyl groups excluding tert-OH is 1. The lowest BCUT2D eigenvalue weighted by molar-refractivity contribution is -0.123. The number of rotatable bonds is 6. The van der Waals surface area contributed by atoms with Gasteiger partial charge in [0.1, 0.15) is 12.4 Å². The molecule has 4 atom stereocenters. The number of hydrogen-bond acceptors (Lipinski definition) is 7. The SMILES string of the molecule is CC(=O)c1ccc(N2C(=O)[C@H]3[C@H](CC=C4[C@H](c5ccccc5OCCO)C5=C(C[C@H]43)C(=O)C(Br)=CC5=O)C2=O)cc1. The summed E-state index contributed by atoms with van der Waals surface area (Å²) in [6.07, 6.45) is 3.70. The number of aliphatic hydroxyl groups is 1. The van der Waals surface area contributed by atoms with Crippen molar-refractivity contribution < 1.29 is 33.8 Å². The fourth-order valence-corrected chi connectivity index (χ4v) is 7.11. The third kappa shape index (κ3) is 4.35. The number of halogens is 1. The Bertz CT molecular complexity index is 1620. The summed E-state index contributed by atoms with van der Waals surface area (Å²) < 4.78 is 5.99. The van der Waals surface area contributed by atoms with Gasteiger partial charge in [-0.1, -0.05) is 29.8 Å². The Morgan fingerprint density at radius 1 is 1.02 bits per heavy atom. The molecule has 9 heteroatoms. The molecule has 0 spiro atoms. The predicted molar refractivity (Wildman–Crippen MR) is 153 cm³/mol. The summed E-state index contributed by atoms with van der Waals surface area (Å²) in [5.41, 5.74) is 3.03. The minimum Gasteiger partial charge on any atom is -0.491 e. The number of ketones is 3. The van der Waals surface area contributed by atoms with E-state index in [1.807, 2.05) is 18.2 Å². The molecule has 3 aliphatic carbocycles. The minimum absolute atomic E-state index is 0.0471. The first kappa shape index (κ1) is 27.2. The molecule has 1 saturated heterocycles. The van der Waals surface area contributed by atoms with Gasteiger partial charge in [-0.15, -0.1) is 0 Å². The van der Waals surface area contributed by atoms with E-state index in [4.69, 9.17) is 4.74 Å². The van der Waals surface area contributed by atoms with Gasteiger partial charge in [0.15, 0.2) is 17.3 Å². The summed E-state index contributed by atoms with van der Waals surface area (Å²) in [6.45, 7) is 1.30. The molecule has 0 bridgehead atoms. The van der Waals surface area contributed by atoms with E-state index in [2.05, 4.69) is 15.9 Å². The fourth-order valence-electron chi connectivity index (χ4n) is 6.67. The Morgan fingerprint density at radius 2 is 1.76 bits per heavy atom. The summed E-state index contributed by atoms with van der Waals surface area (Å²) in [5.74, 6) is -3.41. The standard InChI is InChI=1S/C32H26BrNO7/c1-16(36)17-6-8-18(9-7-17)34-31(39)21-11-10-19-22(28(21)32(34)40)14-23-29(25(37)15-24(33)30(23)38)27(19)20-4-2-3-5-26(20)41-13-12-35/h2-10,15,21-22,27-28,35H,11-14H2,1H3/t21-,22+,27+,28-/m0/s1. The van der Waals surface area contributed by atoms with Gasteiger partial charge in [-0.2, -0.15) is 0 Å². The van der Waals surface area contributed by atoms with Crippen molar-refractivity contribution in [3.63, 3.8) is 0 Å². The highest BCUT2D eigenvalue weighted by Gasteiger charge is 2.56. The van der Waals surface area contributed by atoms with Crippen molar-refractivity contribution in [2.24, 2.45) is 17.8 Å². The van der Waals surface area contributed by atoms with Crippen LogP contribution in [0.2, 0.25) is 0 Å². The maximum atomic E-state index is 14.0. The highest BCUT2D eigenvalue weighted by atomic mass is 79.9. The first-order chi connectivity index (χ1) is 19.7. The number of ether oxygens (including phenoxy) is 1. The number of imide groups is 1. The highest BCUT2D eigenvalue weighted by molar-refractivity contribution is 9.12. The van der Waals surface area contributed by atoms with Crippen LogP contribution in [0.3, 0.4) is 0 Å². The zero-order valence-electron chi connectivity index (χ0n) is 22.1. The third-order valence-electron chi connectivity index (χ3n) is 8.44. The lowest BCUT2D eigenvalue weighted by Crippen LogP contribution is -2.39. The van der Waals surface area contributed by atoms with Crippen molar-refractivity contribution in [3.05, 3.63) is 93.0 Å². The largest absolute Gasteiger partial charge is 0.491 e. The van der Waals surface area contributed by atoms with E-state index in [0.29, 0.717) is 40.1 Å². The van der Waals surface area contributed by atoms with E-state index in [-0.39, 0.29) is 53.3 Å². The van der Waals surface area contributed by atoms with Crippen molar-refractivity contribution in [1.82, 2.24) is 0 Å². The number of anilines is 1. The number of allylic oxidation sites excluding steroid dienone is 6. The number of fused-ring (bicyclic) bond motifs is 3. The van der Waals surface area contributed by atoms with Crippen LogP contribution in [-0.4, -0.2) is 47.5 Å². The van der Waals surface area contributed by atoms with Gasteiger partial charge >= 0.3 is 0 Å². The van der Waals surface area contributed by atoms with Gasteiger partial charge in [0, 0.05) is 34.3 Å². The molecule has 2 amide bonds. The first-order valence-corrected chi connectivity index (χ1v) is 14.2. The van der Waals surface area contributed by atoms with Gasteiger partial charge in [0.25, 0.3) is 0 Å². The molecule has 2 aromatic carbocycles. The zero-order valence-corrected chi connectivity index (χ0v) is 23.7. The third-order valence-corrected chi connectivity index (χ3v) is 9.03. The van der Waals surface area contributed by atoms with Crippen LogP contribution in [0.25, 0.3) is 0 Å². The summed E-state index contributed by atoms with van der Waals surface area (Å²) in [6, 6.07) is 13.6. The van der Waals surface area contributed by atoms with Crippen molar-refractivity contribution in [3.8, 4) is 5.75 Å². The molecule has 1 heterocycles. The number of hydrogen-bond donors (Lipinski definition) is 1. The van der Waals surface area contributed by atoms with Gasteiger partial charge in [-0.25, -0.2) is 0 Å². The van der Waals surface area contributed by atoms with Crippen LogP contribution in [0.4, 0.5) is 5.69 Å². The van der Waals surface area contributed by atoms with Crippen molar-refractivity contribution in [1.29, 1.82) is 0 Å². The summed E-state index contributed by atoms with van der Waals surface area (Å²) in [4.78, 5) is 67.5. The topological polar surface area (TPSA) is 118 Å². The number of Topliss-reactive ketones (excluding diaryl/α,β-unsaturated/α-hetero) is 2. The molecule has 0 aromatic heterocycles. The molecule has 208 valence electrons. The van der Waals surface area contributed by atoms with Gasteiger partial charge < -0.3 is 9.84 Å². The minimum atomic E-state index is -0.718. The average molecular weight is 616 g/mol. The van der Waals surface area contributed by atoms with Crippen LogP contribution >= 0.6 is 15.9 Å². The number of nitrogens with zero attached hydrogens (tertiary/aromatic N) is 1. The predicted octanol–water partition coefficient (Wildman–Crippen LogP) is 4.23. The molecular formula is C32H26BrNO7. The Labute approximate surface area is 244 Å². The Balaban J connectivity index is 1.46. The van der Waals surface area contributed by atoms with E-state index < -0.39 is 23.7 Å². The second-order valence-corrected chi connectivity index (χ2v) is 11.5. The number of benzene rings is 2. The van der Waals surface area contributed by atoms with Gasteiger partial charge in [-0.05, 0) is 71.9 Å². The Morgan fingerprint density at radius 3 is 2.46 bits per heavy atom. The molecule has 0 saturated carbocycles. The van der Waals surface area contributed by atoms with Gasteiger partial charge in [0.05, 0.1) is 28.6 Å². The Kier molecular flexibility index (Phi) is 6.95. The zero-order chi connectivity index (χ0) is 29.0. The van der Waals surface area contributed by atoms with Crippen LogP contribution in [-0.2, 0) is 19.2 Å². The van der Waals surface area contributed by atoms with E-state index >= 15 is 0 Å². The van der Waals surface area contributed by atoms with Crippen LogP contribution in [0.15, 0.2) is 81.9 Å². The maximum Gasteiger partial charge on any atom is 0.238 e.